The molecule has 40 heavy (non-hydrogen) atoms. The van der Waals surface area contributed by atoms with E-state index in [0.29, 0.717) is 29.8 Å². The molecular weight excluding hydrogens is 528 g/mol. The Labute approximate surface area is 232 Å². The average Bonchev–Trinajstić information content (AvgIpc) is 2.90. The molecule has 0 saturated carbocycles. The van der Waals surface area contributed by atoms with Gasteiger partial charge in [0.25, 0.3) is 5.91 Å². The number of carboxylic acids is 1. The van der Waals surface area contributed by atoms with Crippen LogP contribution in [0.15, 0.2) is 42.5 Å². The second kappa shape index (κ2) is 16.6. The molecule has 220 valence electrons. The van der Waals surface area contributed by atoms with E-state index < -0.39 is 36.0 Å². The molecule has 0 aliphatic heterocycles. The molecule has 0 spiro atoms. The summed E-state index contributed by atoms with van der Waals surface area (Å²) < 4.78 is 52.4. The van der Waals surface area contributed by atoms with Crippen molar-refractivity contribution in [3.63, 3.8) is 0 Å². The molecule has 2 rings (SSSR count). The minimum atomic E-state index is -4.87. The second-order valence-corrected chi connectivity index (χ2v) is 9.91. The lowest BCUT2D eigenvalue weighted by atomic mass is 10.1. The molecule has 10 heteroatoms. The molecule has 0 aliphatic rings. The first kappa shape index (κ1) is 32.8. The normalized spacial score (nSPS) is 11.3. The second-order valence-electron chi connectivity index (χ2n) is 9.91. The number of nitrogens with one attached hydrogen (secondary N) is 1. The number of rotatable bonds is 16. The molecule has 0 heterocycles. The zero-order valence-corrected chi connectivity index (χ0v) is 22.9. The number of carbonyl (C=O) groups excluding carboxylic acids is 2. The maximum absolute atomic E-state index is 14.0. The van der Waals surface area contributed by atoms with E-state index in [4.69, 9.17) is 5.11 Å². The number of nitrogens with zero attached hydrogens (tertiary/aromatic N) is 1. The van der Waals surface area contributed by atoms with Crippen LogP contribution in [-0.2, 0) is 28.9 Å². The maximum Gasteiger partial charge on any atom is 0.419 e. The number of carboxylic acid groups (broad SMARTS) is 1. The van der Waals surface area contributed by atoms with Gasteiger partial charge in [0.05, 0.1) is 5.56 Å². The highest BCUT2D eigenvalue weighted by Gasteiger charge is 2.34. The van der Waals surface area contributed by atoms with Gasteiger partial charge in [0.15, 0.2) is 0 Å². The van der Waals surface area contributed by atoms with Crippen LogP contribution in [0.5, 0.6) is 0 Å². The number of aliphatic carboxylic acids is 1. The van der Waals surface area contributed by atoms with E-state index >= 15 is 0 Å². The van der Waals surface area contributed by atoms with E-state index in [1.54, 1.807) is 24.3 Å². The number of unbranched alkanes of at least 4 members (excludes halogenated alkanes) is 9. The summed E-state index contributed by atoms with van der Waals surface area (Å²) >= 11 is 0. The number of benzene rings is 2. The Balaban J connectivity index is 1.85. The quantitative estimate of drug-likeness (QED) is 0.129. The number of amides is 2. The number of halogens is 4. The minimum absolute atomic E-state index is 0.00284. The van der Waals surface area contributed by atoms with E-state index in [1.807, 2.05) is 0 Å². The van der Waals surface area contributed by atoms with Crippen LogP contribution in [0.2, 0.25) is 0 Å². The zero-order chi connectivity index (χ0) is 29.5. The lowest BCUT2D eigenvalue weighted by Crippen LogP contribution is -2.35. The van der Waals surface area contributed by atoms with E-state index in [0.717, 1.165) is 30.2 Å². The van der Waals surface area contributed by atoms with Crippen molar-refractivity contribution in [3.8, 4) is 0 Å². The molecule has 0 atom stereocenters. The first-order valence-corrected chi connectivity index (χ1v) is 13.8. The van der Waals surface area contributed by atoms with Crippen molar-refractivity contribution >= 4 is 17.8 Å². The van der Waals surface area contributed by atoms with Crippen LogP contribution in [0, 0.1) is 5.82 Å². The lowest BCUT2D eigenvalue weighted by Gasteiger charge is -2.21. The number of hydrogen-bond acceptors (Lipinski definition) is 3. The highest BCUT2D eigenvalue weighted by Crippen LogP contribution is 2.31. The first-order valence-electron chi connectivity index (χ1n) is 13.8. The molecule has 0 unspecified atom stereocenters. The Hall–Kier alpha value is -3.43. The standard InChI is InChI=1S/C30H38F4N2O4/c1-2-3-4-5-6-7-8-9-10-11-18-35-27(37)24-15-12-22(13-16-24)20-36(28(38)29(39)40)21-23-14-17-25(26(31)19-23)30(32,33)34/h12-17,19H,2-11,18,20-21H2,1H3,(H,35,37)(H,39,40). The average molecular weight is 567 g/mol. The van der Waals surface area contributed by atoms with Gasteiger partial charge in [-0.1, -0.05) is 82.9 Å². The van der Waals surface area contributed by atoms with Crippen molar-refractivity contribution in [3.05, 3.63) is 70.5 Å². The molecule has 2 aromatic carbocycles. The monoisotopic (exact) mass is 566 g/mol. The first-order chi connectivity index (χ1) is 19.0. The summed E-state index contributed by atoms with van der Waals surface area (Å²) in [6.07, 6.45) is 7.10. The molecule has 0 bridgehead atoms. The highest BCUT2D eigenvalue weighted by molar-refractivity contribution is 6.31. The van der Waals surface area contributed by atoms with Gasteiger partial charge in [-0.2, -0.15) is 13.2 Å². The Kier molecular flexibility index (Phi) is 13.6. The highest BCUT2D eigenvalue weighted by atomic mass is 19.4. The van der Waals surface area contributed by atoms with Crippen LogP contribution in [-0.4, -0.2) is 34.3 Å². The predicted molar refractivity (Wildman–Crippen MR) is 144 cm³/mol. The van der Waals surface area contributed by atoms with E-state index in [9.17, 15) is 31.9 Å². The maximum atomic E-state index is 14.0. The summed E-state index contributed by atoms with van der Waals surface area (Å²) in [5, 5.41) is 12.0. The van der Waals surface area contributed by atoms with Crippen LogP contribution in [0.25, 0.3) is 0 Å². The van der Waals surface area contributed by atoms with Gasteiger partial charge in [0, 0.05) is 25.2 Å². The summed E-state index contributed by atoms with van der Waals surface area (Å²) in [6.45, 7) is 2.15. The molecule has 0 fully saturated rings. The van der Waals surface area contributed by atoms with Crippen LogP contribution in [0.3, 0.4) is 0 Å². The summed E-state index contributed by atoms with van der Waals surface area (Å²) in [5.41, 5.74) is -0.553. The molecule has 2 amide bonds. The molecule has 2 aromatic rings. The predicted octanol–water partition coefficient (Wildman–Crippen LogP) is 7.11. The number of carbonyl (C=O) groups is 3. The Bertz CT molecular complexity index is 1100. The fourth-order valence-corrected chi connectivity index (χ4v) is 4.34. The molecule has 6 nitrogen and oxygen atoms in total. The third-order valence-electron chi connectivity index (χ3n) is 6.59. The summed E-state index contributed by atoms with van der Waals surface area (Å²) in [7, 11) is 0. The number of hydrogen-bond donors (Lipinski definition) is 2. The van der Waals surface area contributed by atoms with E-state index in [-0.39, 0.29) is 18.0 Å². The van der Waals surface area contributed by atoms with E-state index in [2.05, 4.69) is 12.2 Å². The fourth-order valence-electron chi connectivity index (χ4n) is 4.34. The summed E-state index contributed by atoms with van der Waals surface area (Å²) in [4.78, 5) is 36.8. The van der Waals surface area contributed by atoms with Crippen molar-refractivity contribution in [2.24, 2.45) is 0 Å². The molecule has 0 aromatic heterocycles. The molecular formula is C30H38F4N2O4. The van der Waals surface area contributed by atoms with E-state index in [1.165, 1.54) is 44.9 Å². The molecule has 0 saturated heterocycles. The third-order valence-corrected chi connectivity index (χ3v) is 6.59. The lowest BCUT2D eigenvalue weighted by molar-refractivity contribution is -0.156. The van der Waals surface area contributed by atoms with Gasteiger partial charge in [-0.3, -0.25) is 9.59 Å². The Morgan fingerprint density at radius 1 is 0.800 bits per heavy atom. The largest absolute Gasteiger partial charge is 0.474 e. The van der Waals surface area contributed by atoms with Gasteiger partial charge in [0.2, 0.25) is 0 Å². The van der Waals surface area contributed by atoms with Crippen molar-refractivity contribution in [1.82, 2.24) is 10.2 Å². The Morgan fingerprint density at radius 2 is 1.32 bits per heavy atom. The number of alkyl halides is 3. The van der Waals surface area contributed by atoms with Crippen molar-refractivity contribution < 1.29 is 37.1 Å². The van der Waals surface area contributed by atoms with Gasteiger partial charge in [-0.05, 0) is 41.8 Å². The zero-order valence-electron chi connectivity index (χ0n) is 22.9. The SMILES string of the molecule is CCCCCCCCCCCCNC(=O)c1ccc(CN(Cc2ccc(C(F)(F)F)c(F)c2)C(=O)C(=O)O)cc1. The van der Waals surface area contributed by atoms with Gasteiger partial charge >= 0.3 is 18.1 Å². The van der Waals surface area contributed by atoms with Gasteiger partial charge in [-0.25, -0.2) is 9.18 Å². The molecule has 2 N–H and O–H groups in total. The van der Waals surface area contributed by atoms with Crippen LogP contribution >= 0.6 is 0 Å². The molecule has 0 radical (unpaired) electrons. The van der Waals surface area contributed by atoms with Gasteiger partial charge < -0.3 is 15.3 Å². The topological polar surface area (TPSA) is 86.7 Å². The third kappa shape index (κ3) is 11.4. The smallest absolute Gasteiger partial charge is 0.419 e. The summed E-state index contributed by atoms with van der Waals surface area (Å²) in [6, 6.07) is 8.39. The van der Waals surface area contributed by atoms with Crippen LogP contribution in [0.1, 0.15) is 98.2 Å². The fraction of sp³-hybridized carbons (Fsp3) is 0.500. The minimum Gasteiger partial charge on any atom is -0.474 e. The van der Waals surface area contributed by atoms with Crippen molar-refractivity contribution in [1.29, 1.82) is 0 Å². The van der Waals surface area contributed by atoms with Crippen molar-refractivity contribution in [2.45, 2.75) is 90.4 Å². The molecule has 0 aliphatic carbocycles. The van der Waals surface area contributed by atoms with Gasteiger partial charge in [-0.15, -0.1) is 0 Å². The summed E-state index contributed by atoms with van der Waals surface area (Å²) in [5.74, 6) is -4.81. The van der Waals surface area contributed by atoms with Crippen LogP contribution in [0.4, 0.5) is 17.6 Å². The van der Waals surface area contributed by atoms with Gasteiger partial charge in [0.1, 0.15) is 5.82 Å². The van der Waals surface area contributed by atoms with Crippen molar-refractivity contribution in [2.75, 3.05) is 6.54 Å². The van der Waals surface area contributed by atoms with Crippen LogP contribution < -0.4 is 5.32 Å². The Morgan fingerprint density at radius 3 is 1.85 bits per heavy atom.